The molecule has 0 saturated carbocycles. The molecule has 1 unspecified atom stereocenters. The van der Waals surface area contributed by atoms with E-state index in [-0.39, 0.29) is 0 Å². The van der Waals surface area contributed by atoms with Crippen molar-refractivity contribution >= 4 is 21.6 Å². The third-order valence-electron chi connectivity index (χ3n) is 3.56. The molecule has 1 saturated heterocycles. The number of aliphatic hydroxyl groups is 1. The molecule has 94 valence electrons. The Bertz CT molecular complexity index is 378. The van der Waals surface area contributed by atoms with Gasteiger partial charge >= 0.3 is 0 Å². The molecule has 0 aliphatic carbocycles. The molecule has 1 aliphatic heterocycles. The van der Waals surface area contributed by atoms with Crippen LogP contribution in [0.1, 0.15) is 24.8 Å². The lowest BCUT2D eigenvalue weighted by Gasteiger charge is -2.34. The number of rotatable bonds is 3. The number of halogens is 1. The Kier molecular flexibility index (Phi) is 4.46. The molecule has 1 atom stereocenters. The van der Waals surface area contributed by atoms with Gasteiger partial charge in [-0.05, 0) is 55.9 Å². The normalized spacial score (nSPS) is 20.6. The number of nitrogens with zero attached hydrogens (tertiary/aromatic N) is 1. The Morgan fingerprint density at radius 2 is 2.29 bits per heavy atom. The molecule has 17 heavy (non-hydrogen) atoms. The van der Waals surface area contributed by atoms with Crippen molar-refractivity contribution in [2.24, 2.45) is 5.92 Å². The summed E-state index contributed by atoms with van der Waals surface area (Å²) < 4.78 is 1.17. The van der Waals surface area contributed by atoms with E-state index in [1.807, 2.05) is 0 Å². The lowest BCUT2D eigenvalue weighted by molar-refractivity contribution is 0.244. The molecule has 0 bridgehead atoms. The smallest absolute Gasteiger partial charge is 0.0434 e. The van der Waals surface area contributed by atoms with Gasteiger partial charge in [-0.3, -0.25) is 0 Å². The van der Waals surface area contributed by atoms with Crippen LogP contribution in [0.15, 0.2) is 22.7 Å². The molecule has 1 fully saturated rings. The summed E-state index contributed by atoms with van der Waals surface area (Å²) in [5.41, 5.74) is 2.60. The maximum atomic E-state index is 9.03. The second kappa shape index (κ2) is 5.87. The summed E-state index contributed by atoms with van der Waals surface area (Å²) in [6.07, 6.45) is 3.43. The van der Waals surface area contributed by atoms with Gasteiger partial charge in [-0.1, -0.05) is 15.9 Å². The first kappa shape index (κ1) is 12.9. The monoisotopic (exact) mass is 297 g/mol. The van der Waals surface area contributed by atoms with E-state index in [0.717, 1.165) is 19.5 Å². The molecule has 1 N–H and O–H groups in total. The van der Waals surface area contributed by atoms with E-state index in [0.29, 0.717) is 12.5 Å². The Morgan fingerprint density at radius 3 is 3.00 bits per heavy atom. The average Bonchev–Trinajstić information content (AvgIpc) is 2.33. The lowest BCUT2D eigenvalue weighted by atomic mass is 9.94. The number of aliphatic hydroxyl groups excluding tert-OH is 1. The number of anilines is 1. The minimum absolute atomic E-state index is 0.317. The highest BCUT2D eigenvalue weighted by Gasteiger charge is 2.19. The van der Waals surface area contributed by atoms with Crippen LogP contribution in [0.4, 0.5) is 5.69 Å². The van der Waals surface area contributed by atoms with E-state index in [2.05, 4.69) is 46.0 Å². The van der Waals surface area contributed by atoms with Gasteiger partial charge in [-0.15, -0.1) is 0 Å². The molecule has 2 nitrogen and oxygen atoms in total. The first-order chi connectivity index (χ1) is 8.20. The zero-order valence-electron chi connectivity index (χ0n) is 10.3. The first-order valence-electron chi connectivity index (χ1n) is 6.32. The topological polar surface area (TPSA) is 23.5 Å². The summed E-state index contributed by atoms with van der Waals surface area (Å²) >= 11 is 3.54. The highest BCUT2D eigenvalue weighted by Crippen LogP contribution is 2.27. The molecular weight excluding hydrogens is 278 g/mol. The molecule has 3 heteroatoms. The van der Waals surface area contributed by atoms with Crippen LogP contribution in [-0.2, 0) is 0 Å². The van der Waals surface area contributed by atoms with Gasteiger partial charge in [0, 0.05) is 29.9 Å². The molecule has 0 spiro atoms. The van der Waals surface area contributed by atoms with Gasteiger partial charge in [0.1, 0.15) is 0 Å². The minimum atomic E-state index is 0.317. The highest BCUT2D eigenvalue weighted by atomic mass is 79.9. The second-order valence-electron chi connectivity index (χ2n) is 4.90. The van der Waals surface area contributed by atoms with Crippen LogP contribution >= 0.6 is 15.9 Å². The molecule has 0 amide bonds. The van der Waals surface area contributed by atoms with Crippen molar-refractivity contribution in [3.8, 4) is 0 Å². The molecule has 1 heterocycles. The first-order valence-corrected chi connectivity index (χ1v) is 7.12. The number of aryl methyl sites for hydroxylation is 1. The van der Waals surface area contributed by atoms with E-state index in [9.17, 15) is 0 Å². The lowest BCUT2D eigenvalue weighted by Crippen LogP contribution is -2.35. The van der Waals surface area contributed by atoms with Gasteiger partial charge in [-0.25, -0.2) is 0 Å². The number of piperidine rings is 1. The van der Waals surface area contributed by atoms with Crippen molar-refractivity contribution in [2.45, 2.75) is 26.2 Å². The van der Waals surface area contributed by atoms with Gasteiger partial charge in [-0.2, -0.15) is 0 Å². The van der Waals surface area contributed by atoms with Crippen LogP contribution in [0.5, 0.6) is 0 Å². The van der Waals surface area contributed by atoms with Gasteiger partial charge in [0.2, 0.25) is 0 Å². The number of hydrogen-bond acceptors (Lipinski definition) is 2. The van der Waals surface area contributed by atoms with Crippen molar-refractivity contribution < 1.29 is 5.11 Å². The second-order valence-corrected chi connectivity index (χ2v) is 5.75. The summed E-state index contributed by atoms with van der Waals surface area (Å²) in [4.78, 5) is 2.45. The third-order valence-corrected chi connectivity index (χ3v) is 4.45. The molecule has 1 aliphatic rings. The Balaban J connectivity index is 2.08. The van der Waals surface area contributed by atoms with Crippen LogP contribution in [0.2, 0.25) is 0 Å². The average molecular weight is 298 g/mol. The van der Waals surface area contributed by atoms with Crippen LogP contribution < -0.4 is 4.90 Å². The standard InChI is InChI=1S/C14H20BrNO/c1-11-9-13(4-5-14(11)15)16-7-2-3-12(10-16)6-8-17/h4-5,9,12,17H,2-3,6-8,10H2,1H3. The Morgan fingerprint density at radius 1 is 1.47 bits per heavy atom. The third kappa shape index (κ3) is 3.23. The van der Waals surface area contributed by atoms with Crippen LogP contribution in [0.25, 0.3) is 0 Å². The molecular formula is C14H20BrNO. The zero-order chi connectivity index (χ0) is 12.3. The predicted octanol–water partition coefficient (Wildman–Crippen LogP) is 3.36. The fraction of sp³-hybridized carbons (Fsp3) is 0.571. The van der Waals surface area contributed by atoms with Crippen molar-refractivity contribution in [1.29, 1.82) is 0 Å². The fourth-order valence-corrected chi connectivity index (χ4v) is 2.79. The fourth-order valence-electron chi connectivity index (χ4n) is 2.54. The van der Waals surface area contributed by atoms with Gasteiger partial charge in [0.15, 0.2) is 0 Å². The predicted molar refractivity (Wildman–Crippen MR) is 75.5 cm³/mol. The molecule has 0 radical (unpaired) electrons. The maximum Gasteiger partial charge on any atom is 0.0434 e. The van der Waals surface area contributed by atoms with E-state index in [4.69, 9.17) is 5.11 Å². The summed E-state index contributed by atoms with van der Waals surface area (Å²) in [6, 6.07) is 6.55. The zero-order valence-corrected chi connectivity index (χ0v) is 11.9. The Labute approximate surface area is 112 Å². The van der Waals surface area contributed by atoms with Crippen LogP contribution in [-0.4, -0.2) is 24.8 Å². The molecule has 1 aromatic carbocycles. The van der Waals surface area contributed by atoms with Gasteiger partial charge in [0.05, 0.1) is 0 Å². The van der Waals surface area contributed by atoms with Gasteiger partial charge in [0.25, 0.3) is 0 Å². The van der Waals surface area contributed by atoms with Crippen molar-refractivity contribution in [1.82, 2.24) is 0 Å². The van der Waals surface area contributed by atoms with E-state index in [1.54, 1.807) is 0 Å². The van der Waals surface area contributed by atoms with E-state index in [1.165, 1.54) is 28.6 Å². The van der Waals surface area contributed by atoms with Crippen LogP contribution in [0, 0.1) is 12.8 Å². The van der Waals surface area contributed by atoms with Crippen molar-refractivity contribution in [2.75, 3.05) is 24.6 Å². The van der Waals surface area contributed by atoms with E-state index < -0.39 is 0 Å². The Hall–Kier alpha value is -0.540. The van der Waals surface area contributed by atoms with Crippen molar-refractivity contribution in [3.63, 3.8) is 0 Å². The quantitative estimate of drug-likeness (QED) is 0.925. The van der Waals surface area contributed by atoms with Crippen LogP contribution in [0.3, 0.4) is 0 Å². The van der Waals surface area contributed by atoms with E-state index >= 15 is 0 Å². The summed E-state index contributed by atoms with van der Waals surface area (Å²) in [5.74, 6) is 0.651. The largest absolute Gasteiger partial charge is 0.396 e. The summed E-state index contributed by atoms with van der Waals surface area (Å²) in [6.45, 7) is 4.67. The highest BCUT2D eigenvalue weighted by molar-refractivity contribution is 9.10. The molecule has 1 aromatic rings. The molecule has 0 aromatic heterocycles. The molecule has 2 rings (SSSR count). The number of hydrogen-bond donors (Lipinski definition) is 1. The number of benzene rings is 1. The summed E-state index contributed by atoms with van der Waals surface area (Å²) in [5, 5.41) is 9.03. The maximum absolute atomic E-state index is 9.03. The van der Waals surface area contributed by atoms with Gasteiger partial charge < -0.3 is 10.0 Å². The summed E-state index contributed by atoms with van der Waals surface area (Å²) in [7, 11) is 0. The minimum Gasteiger partial charge on any atom is -0.396 e. The van der Waals surface area contributed by atoms with Crippen molar-refractivity contribution in [3.05, 3.63) is 28.2 Å². The SMILES string of the molecule is Cc1cc(N2CCCC(CCO)C2)ccc1Br.